The highest BCUT2D eigenvalue weighted by atomic mass is 16.6. The van der Waals surface area contributed by atoms with Gasteiger partial charge in [0.15, 0.2) is 0 Å². The average molecular weight is 464 g/mol. The number of ether oxygens (including phenoxy) is 1. The minimum atomic E-state index is -0.673. The van der Waals surface area contributed by atoms with Crippen LogP contribution in [-0.2, 0) is 16.1 Å². The Bertz CT molecular complexity index is 1000. The maximum atomic E-state index is 13.5. The van der Waals surface area contributed by atoms with Crippen molar-refractivity contribution in [1.29, 1.82) is 5.26 Å². The molecule has 182 valence electrons. The minimum Gasteiger partial charge on any atom is -0.444 e. The minimum absolute atomic E-state index is 0.0889. The second-order valence-electron chi connectivity index (χ2n) is 9.84. The number of nitrogens with zero attached hydrogens (tertiary/aromatic N) is 2. The second-order valence-corrected chi connectivity index (χ2v) is 9.84. The molecule has 0 bridgehead atoms. The van der Waals surface area contributed by atoms with Crippen LogP contribution in [0, 0.1) is 17.2 Å². The van der Waals surface area contributed by atoms with E-state index in [1.54, 1.807) is 26.8 Å². The number of carbonyl (C=O) groups is 2. The fourth-order valence-corrected chi connectivity index (χ4v) is 3.60. The largest absolute Gasteiger partial charge is 0.444 e. The summed E-state index contributed by atoms with van der Waals surface area (Å²) in [6.07, 6.45) is 1.24. The Hall–Kier alpha value is -3.33. The Morgan fingerprint density at radius 2 is 1.74 bits per heavy atom. The van der Waals surface area contributed by atoms with Gasteiger partial charge >= 0.3 is 6.09 Å². The van der Waals surface area contributed by atoms with Crippen LogP contribution in [0.1, 0.15) is 65.5 Å². The quantitative estimate of drug-likeness (QED) is 0.502. The first-order chi connectivity index (χ1) is 16.1. The summed E-state index contributed by atoms with van der Waals surface area (Å²) in [6.45, 7) is 12.4. The maximum absolute atomic E-state index is 13.5. The molecule has 0 spiro atoms. The highest BCUT2D eigenvalue weighted by Gasteiger charge is 2.30. The van der Waals surface area contributed by atoms with Crippen molar-refractivity contribution in [2.24, 2.45) is 5.92 Å². The fourth-order valence-electron chi connectivity index (χ4n) is 3.60. The molecular weight excluding hydrogens is 426 g/mol. The van der Waals surface area contributed by atoms with E-state index >= 15 is 0 Å². The molecule has 2 aromatic rings. The van der Waals surface area contributed by atoms with Gasteiger partial charge in [-0.3, -0.25) is 4.79 Å². The van der Waals surface area contributed by atoms with Gasteiger partial charge in [0.2, 0.25) is 5.91 Å². The molecule has 0 aliphatic carbocycles. The van der Waals surface area contributed by atoms with Crippen LogP contribution in [0.25, 0.3) is 11.1 Å². The Kier molecular flexibility index (Phi) is 9.68. The molecule has 6 heteroatoms. The van der Waals surface area contributed by atoms with Gasteiger partial charge in [-0.25, -0.2) is 4.79 Å². The number of alkyl carbamates (subject to hydrolysis) is 1. The molecule has 0 saturated heterocycles. The van der Waals surface area contributed by atoms with Crippen LogP contribution in [0.3, 0.4) is 0 Å². The molecule has 34 heavy (non-hydrogen) atoms. The van der Waals surface area contributed by atoms with E-state index in [1.165, 1.54) is 0 Å². The molecule has 1 atom stereocenters. The van der Waals surface area contributed by atoms with Crippen LogP contribution >= 0.6 is 0 Å². The molecule has 0 heterocycles. The Labute approximate surface area is 203 Å². The molecule has 0 fully saturated rings. The van der Waals surface area contributed by atoms with Crippen molar-refractivity contribution in [2.75, 3.05) is 6.54 Å². The summed E-state index contributed by atoms with van der Waals surface area (Å²) in [5, 5.41) is 12.2. The molecule has 0 radical (unpaired) electrons. The van der Waals surface area contributed by atoms with E-state index in [0.29, 0.717) is 18.7 Å². The molecule has 0 aromatic heterocycles. The standard InChI is InChI=1S/C28H37N3O3/c1-7-8-17-31(26(32)25(20(2)3)30-27(33)34-28(4,5)6)19-21-13-15-22(16-14-21)24-12-10-9-11-23(24)18-29/h9-16,20,25H,7-8,17,19H2,1-6H3,(H,30,33)/t25-/m0/s1. The number of hydrogen-bond acceptors (Lipinski definition) is 4. The van der Waals surface area contributed by atoms with Crippen molar-refractivity contribution >= 4 is 12.0 Å². The number of nitrogens with one attached hydrogen (secondary N) is 1. The smallest absolute Gasteiger partial charge is 0.408 e. The highest BCUT2D eigenvalue weighted by molar-refractivity contribution is 5.86. The lowest BCUT2D eigenvalue weighted by atomic mass is 9.99. The molecule has 6 nitrogen and oxygen atoms in total. The Morgan fingerprint density at radius 1 is 1.09 bits per heavy atom. The Morgan fingerprint density at radius 3 is 2.29 bits per heavy atom. The van der Waals surface area contributed by atoms with Gasteiger partial charge in [0, 0.05) is 13.1 Å². The third-order valence-corrected chi connectivity index (χ3v) is 5.38. The van der Waals surface area contributed by atoms with Crippen LogP contribution in [0.5, 0.6) is 0 Å². The zero-order valence-corrected chi connectivity index (χ0v) is 21.2. The van der Waals surface area contributed by atoms with Crippen molar-refractivity contribution in [3.63, 3.8) is 0 Å². The number of rotatable bonds is 9. The van der Waals surface area contributed by atoms with Crippen molar-refractivity contribution in [3.05, 3.63) is 59.7 Å². The lowest BCUT2D eigenvalue weighted by Crippen LogP contribution is -2.52. The van der Waals surface area contributed by atoms with Crippen LogP contribution in [0.15, 0.2) is 48.5 Å². The highest BCUT2D eigenvalue weighted by Crippen LogP contribution is 2.24. The zero-order valence-electron chi connectivity index (χ0n) is 21.2. The van der Waals surface area contributed by atoms with Crippen molar-refractivity contribution in [3.8, 4) is 17.2 Å². The summed E-state index contributed by atoms with van der Waals surface area (Å²) < 4.78 is 5.38. The van der Waals surface area contributed by atoms with Crippen LogP contribution in [0.2, 0.25) is 0 Å². The van der Waals surface area contributed by atoms with Crippen LogP contribution in [0.4, 0.5) is 4.79 Å². The first-order valence-corrected chi connectivity index (χ1v) is 11.9. The molecule has 2 aromatic carbocycles. The van der Waals surface area contributed by atoms with E-state index in [4.69, 9.17) is 4.74 Å². The van der Waals surface area contributed by atoms with E-state index < -0.39 is 17.7 Å². The normalized spacial score (nSPS) is 12.1. The van der Waals surface area contributed by atoms with E-state index in [1.807, 2.05) is 61.2 Å². The monoisotopic (exact) mass is 463 g/mol. The van der Waals surface area contributed by atoms with Crippen LogP contribution in [-0.4, -0.2) is 35.1 Å². The molecule has 0 aliphatic rings. The molecular formula is C28H37N3O3. The third-order valence-electron chi connectivity index (χ3n) is 5.38. The predicted molar refractivity (Wildman–Crippen MR) is 135 cm³/mol. The Balaban J connectivity index is 2.21. The molecule has 1 N–H and O–H groups in total. The fraction of sp³-hybridized carbons (Fsp3) is 0.464. The summed E-state index contributed by atoms with van der Waals surface area (Å²) in [6, 6.07) is 17.0. The van der Waals surface area contributed by atoms with Gasteiger partial charge in [-0.15, -0.1) is 0 Å². The zero-order chi connectivity index (χ0) is 25.3. The number of hydrogen-bond donors (Lipinski definition) is 1. The lowest BCUT2D eigenvalue weighted by Gasteiger charge is -2.31. The second kappa shape index (κ2) is 12.2. The van der Waals surface area contributed by atoms with E-state index in [9.17, 15) is 14.9 Å². The first-order valence-electron chi connectivity index (χ1n) is 11.9. The lowest BCUT2D eigenvalue weighted by molar-refractivity contribution is -0.135. The molecule has 2 rings (SSSR count). The summed E-state index contributed by atoms with van der Waals surface area (Å²) in [5.74, 6) is -0.206. The predicted octanol–water partition coefficient (Wildman–Crippen LogP) is 5.90. The molecule has 2 amide bonds. The maximum Gasteiger partial charge on any atom is 0.408 e. The number of nitriles is 1. The summed E-state index contributed by atoms with van der Waals surface area (Å²) >= 11 is 0. The average Bonchev–Trinajstić information content (AvgIpc) is 2.78. The number of carbonyl (C=O) groups excluding carboxylic acids is 2. The topological polar surface area (TPSA) is 82.4 Å². The summed E-state index contributed by atoms with van der Waals surface area (Å²) in [7, 11) is 0. The number of unbranched alkanes of at least 4 members (excludes halogenated alkanes) is 1. The van der Waals surface area contributed by atoms with Crippen molar-refractivity contribution in [1.82, 2.24) is 10.2 Å². The van der Waals surface area contributed by atoms with Gasteiger partial charge in [-0.1, -0.05) is 69.7 Å². The molecule has 0 aliphatic heterocycles. The number of amides is 2. The van der Waals surface area contributed by atoms with Gasteiger partial charge in [0.25, 0.3) is 0 Å². The van der Waals surface area contributed by atoms with Gasteiger partial charge in [-0.05, 0) is 55.9 Å². The van der Waals surface area contributed by atoms with E-state index in [2.05, 4.69) is 18.3 Å². The summed E-state index contributed by atoms with van der Waals surface area (Å²) in [4.78, 5) is 27.7. The third kappa shape index (κ3) is 7.91. The van der Waals surface area contributed by atoms with E-state index in [-0.39, 0.29) is 11.8 Å². The first kappa shape index (κ1) is 26.9. The van der Waals surface area contributed by atoms with Gasteiger partial charge < -0.3 is 15.0 Å². The van der Waals surface area contributed by atoms with Crippen molar-refractivity contribution in [2.45, 2.75) is 72.6 Å². The van der Waals surface area contributed by atoms with Crippen molar-refractivity contribution < 1.29 is 14.3 Å². The molecule has 0 saturated carbocycles. The number of benzene rings is 2. The SMILES string of the molecule is CCCCN(Cc1ccc(-c2ccccc2C#N)cc1)C(=O)[C@@H](NC(=O)OC(C)(C)C)C(C)C. The van der Waals surface area contributed by atoms with E-state index in [0.717, 1.165) is 29.5 Å². The summed E-state index contributed by atoms with van der Waals surface area (Å²) in [5.41, 5.74) is 2.82. The van der Waals surface area contributed by atoms with Gasteiger partial charge in [0.05, 0.1) is 11.6 Å². The van der Waals surface area contributed by atoms with Gasteiger partial charge in [-0.2, -0.15) is 5.26 Å². The van der Waals surface area contributed by atoms with Gasteiger partial charge in [0.1, 0.15) is 11.6 Å². The molecule has 0 unspecified atom stereocenters. The van der Waals surface area contributed by atoms with Crippen LogP contribution < -0.4 is 5.32 Å².